The van der Waals surface area contributed by atoms with Crippen LogP contribution in [0.3, 0.4) is 0 Å². The fraction of sp³-hybridized carbons (Fsp3) is 0.200. The van der Waals surface area contributed by atoms with Crippen molar-refractivity contribution < 1.29 is 4.42 Å². The first-order valence-corrected chi connectivity index (χ1v) is 5.00. The van der Waals surface area contributed by atoms with Gasteiger partial charge in [-0.05, 0) is 30.5 Å². The van der Waals surface area contributed by atoms with Crippen LogP contribution in [0.1, 0.15) is 22.4 Å². The molecule has 2 aromatic heterocycles. The van der Waals surface area contributed by atoms with E-state index in [1.165, 1.54) is 0 Å². The van der Waals surface area contributed by atoms with Gasteiger partial charge in [0, 0.05) is 4.88 Å². The van der Waals surface area contributed by atoms with Gasteiger partial charge in [0.15, 0.2) is 0 Å². The van der Waals surface area contributed by atoms with Crippen LogP contribution in [-0.2, 0) is 0 Å². The van der Waals surface area contributed by atoms with Crippen LogP contribution in [0.15, 0.2) is 34.1 Å². The smallest absolute Gasteiger partial charge is 0.126 e. The number of hydrogen-bond acceptors (Lipinski definition) is 3. The normalized spacial score (nSPS) is 12.1. The van der Waals surface area contributed by atoms with E-state index in [-0.39, 0.29) is 18.4 Å². The highest BCUT2D eigenvalue weighted by atomic mass is 35.5. The summed E-state index contributed by atoms with van der Waals surface area (Å²) in [5.74, 6) is 1.74. The first-order chi connectivity index (χ1) is 6.27. The van der Waals surface area contributed by atoms with Gasteiger partial charge in [-0.1, -0.05) is 6.07 Å². The van der Waals surface area contributed by atoms with E-state index in [9.17, 15) is 0 Å². The van der Waals surface area contributed by atoms with Crippen LogP contribution in [0, 0.1) is 6.92 Å². The molecule has 2 aromatic rings. The van der Waals surface area contributed by atoms with Gasteiger partial charge in [-0.25, -0.2) is 0 Å². The van der Waals surface area contributed by atoms with Crippen molar-refractivity contribution in [2.75, 3.05) is 0 Å². The predicted molar refractivity (Wildman–Crippen MR) is 61.0 cm³/mol. The van der Waals surface area contributed by atoms with Gasteiger partial charge in [0.2, 0.25) is 0 Å². The largest absolute Gasteiger partial charge is 0.464 e. The number of nitrogens with two attached hydrogens (primary N) is 1. The Kier molecular flexibility index (Phi) is 3.75. The molecular formula is C10H12ClNOS. The van der Waals surface area contributed by atoms with Crippen LogP contribution >= 0.6 is 23.7 Å². The van der Waals surface area contributed by atoms with Crippen molar-refractivity contribution in [3.8, 4) is 0 Å². The Morgan fingerprint density at radius 3 is 2.64 bits per heavy atom. The number of furan rings is 1. The maximum Gasteiger partial charge on any atom is 0.126 e. The Morgan fingerprint density at radius 1 is 1.36 bits per heavy atom. The molecule has 0 aliphatic rings. The third-order valence-corrected chi connectivity index (χ3v) is 2.87. The van der Waals surface area contributed by atoms with Crippen LogP contribution in [0.4, 0.5) is 0 Å². The molecule has 0 saturated carbocycles. The molecule has 76 valence electrons. The molecule has 1 atom stereocenters. The zero-order chi connectivity index (χ0) is 9.26. The summed E-state index contributed by atoms with van der Waals surface area (Å²) in [4.78, 5) is 1.13. The van der Waals surface area contributed by atoms with E-state index in [0.717, 1.165) is 16.4 Å². The molecule has 2 nitrogen and oxygen atoms in total. The first-order valence-electron chi connectivity index (χ1n) is 4.12. The molecule has 0 fully saturated rings. The molecule has 0 saturated heterocycles. The van der Waals surface area contributed by atoms with Crippen molar-refractivity contribution in [1.29, 1.82) is 0 Å². The first kappa shape index (κ1) is 11.3. The number of hydrogen-bond donors (Lipinski definition) is 1. The van der Waals surface area contributed by atoms with E-state index in [4.69, 9.17) is 10.2 Å². The van der Waals surface area contributed by atoms with Gasteiger partial charge in [-0.3, -0.25) is 0 Å². The van der Waals surface area contributed by atoms with E-state index in [0.29, 0.717) is 0 Å². The molecule has 0 radical (unpaired) electrons. The van der Waals surface area contributed by atoms with E-state index >= 15 is 0 Å². The minimum Gasteiger partial charge on any atom is -0.464 e. The number of thiophene rings is 1. The number of halogens is 1. The second-order valence-corrected chi connectivity index (χ2v) is 3.92. The summed E-state index contributed by atoms with van der Waals surface area (Å²) in [7, 11) is 0. The summed E-state index contributed by atoms with van der Waals surface area (Å²) in [6, 6.07) is 7.76. The Bertz CT molecular complexity index is 382. The van der Waals surface area contributed by atoms with Crippen LogP contribution in [0.25, 0.3) is 0 Å². The van der Waals surface area contributed by atoms with Gasteiger partial charge in [0.25, 0.3) is 0 Å². The topological polar surface area (TPSA) is 39.2 Å². The SMILES string of the molecule is Cc1ccc([C@H](N)c2cccs2)o1.Cl. The monoisotopic (exact) mass is 229 g/mol. The van der Waals surface area contributed by atoms with Crippen molar-refractivity contribution in [2.24, 2.45) is 5.73 Å². The standard InChI is InChI=1S/C10H11NOS.ClH/c1-7-4-5-8(12-7)10(11)9-3-2-6-13-9;/h2-6,10H,11H2,1H3;1H/t10-;/m0./s1. The molecule has 2 heterocycles. The Labute approximate surface area is 93.1 Å². The maximum atomic E-state index is 5.99. The van der Waals surface area contributed by atoms with Gasteiger partial charge < -0.3 is 10.2 Å². The van der Waals surface area contributed by atoms with E-state index in [2.05, 4.69) is 0 Å². The second-order valence-electron chi connectivity index (χ2n) is 2.94. The summed E-state index contributed by atoms with van der Waals surface area (Å²) in [6.07, 6.45) is 0. The van der Waals surface area contributed by atoms with Crippen molar-refractivity contribution in [3.05, 3.63) is 46.0 Å². The molecule has 0 amide bonds. The summed E-state index contributed by atoms with van der Waals surface area (Å²) < 4.78 is 5.45. The van der Waals surface area contributed by atoms with E-state index in [1.54, 1.807) is 11.3 Å². The summed E-state index contributed by atoms with van der Waals surface area (Å²) in [5.41, 5.74) is 5.99. The van der Waals surface area contributed by atoms with Crippen LogP contribution in [0.2, 0.25) is 0 Å². The fourth-order valence-electron chi connectivity index (χ4n) is 1.23. The molecular weight excluding hydrogens is 218 g/mol. The van der Waals surface area contributed by atoms with Crippen LogP contribution in [0.5, 0.6) is 0 Å². The molecule has 0 bridgehead atoms. The third kappa shape index (κ3) is 2.18. The summed E-state index contributed by atoms with van der Waals surface area (Å²) in [5, 5.41) is 2.02. The number of aryl methyl sites for hydroxylation is 1. The lowest BCUT2D eigenvalue weighted by molar-refractivity contribution is 0.468. The van der Waals surface area contributed by atoms with Gasteiger partial charge in [0.1, 0.15) is 11.5 Å². The van der Waals surface area contributed by atoms with Gasteiger partial charge >= 0.3 is 0 Å². The van der Waals surface area contributed by atoms with E-state index in [1.807, 2.05) is 36.6 Å². The zero-order valence-electron chi connectivity index (χ0n) is 7.77. The molecule has 0 aliphatic carbocycles. The molecule has 2 N–H and O–H groups in total. The lowest BCUT2D eigenvalue weighted by Crippen LogP contribution is -2.08. The molecule has 0 aliphatic heterocycles. The Hall–Kier alpha value is -0.770. The van der Waals surface area contributed by atoms with Crippen LogP contribution < -0.4 is 5.73 Å². The highest BCUT2D eigenvalue weighted by molar-refractivity contribution is 7.10. The van der Waals surface area contributed by atoms with Crippen molar-refractivity contribution in [3.63, 3.8) is 0 Å². The molecule has 14 heavy (non-hydrogen) atoms. The minimum atomic E-state index is -0.117. The lowest BCUT2D eigenvalue weighted by Gasteiger charge is -2.04. The second kappa shape index (κ2) is 4.64. The predicted octanol–water partition coefficient (Wildman–Crippen LogP) is 3.12. The fourth-order valence-corrected chi connectivity index (χ4v) is 1.96. The van der Waals surface area contributed by atoms with Gasteiger partial charge in [-0.2, -0.15) is 0 Å². The summed E-state index contributed by atoms with van der Waals surface area (Å²) >= 11 is 1.65. The van der Waals surface area contributed by atoms with E-state index < -0.39 is 0 Å². The zero-order valence-corrected chi connectivity index (χ0v) is 9.40. The highest BCUT2D eigenvalue weighted by Crippen LogP contribution is 2.24. The van der Waals surface area contributed by atoms with Gasteiger partial charge in [0.05, 0.1) is 6.04 Å². The third-order valence-electron chi connectivity index (χ3n) is 1.92. The number of rotatable bonds is 2. The minimum absolute atomic E-state index is 0. The van der Waals surface area contributed by atoms with Crippen molar-refractivity contribution in [2.45, 2.75) is 13.0 Å². The van der Waals surface area contributed by atoms with Crippen molar-refractivity contribution in [1.82, 2.24) is 0 Å². The average Bonchev–Trinajstić information content (AvgIpc) is 2.72. The average molecular weight is 230 g/mol. The van der Waals surface area contributed by atoms with Crippen LogP contribution in [-0.4, -0.2) is 0 Å². The molecule has 4 heteroatoms. The molecule has 0 unspecified atom stereocenters. The lowest BCUT2D eigenvalue weighted by atomic mass is 10.2. The Morgan fingerprint density at radius 2 is 2.14 bits per heavy atom. The maximum absolute atomic E-state index is 5.99. The molecule has 0 spiro atoms. The molecule has 2 rings (SSSR count). The summed E-state index contributed by atoms with van der Waals surface area (Å²) in [6.45, 7) is 1.92. The highest BCUT2D eigenvalue weighted by Gasteiger charge is 2.12. The van der Waals surface area contributed by atoms with Crippen molar-refractivity contribution >= 4 is 23.7 Å². The Balaban J connectivity index is 0.000000980. The van der Waals surface area contributed by atoms with Gasteiger partial charge in [-0.15, -0.1) is 23.7 Å². The molecule has 0 aromatic carbocycles. The quantitative estimate of drug-likeness (QED) is 0.860.